The van der Waals surface area contributed by atoms with E-state index in [4.69, 9.17) is 0 Å². The van der Waals surface area contributed by atoms with Crippen molar-refractivity contribution in [1.82, 2.24) is 19.7 Å². The number of anilines is 1. The van der Waals surface area contributed by atoms with E-state index in [-0.39, 0.29) is 11.8 Å². The number of nitrogens with one attached hydrogen (secondary N) is 1. The van der Waals surface area contributed by atoms with Crippen molar-refractivity contribution in [3.8, 4) is 0 Å². The molecule has 0 fully saturated rings. The van der Waals surface area contributed by atoms with Crippen LogP contribution in [0, 0.1) is 0 Å². The van der Waals surface area contributed by atoms with Crippen molar-refractivity contribution in [2.45, 2.75) is 65.2 Å². The molecule has 2 heterocycles. The van der Waals surface area contributed by atoms with E-state index in [2.05, 4.69) is 34.2 Å². The van der Waals surface area contributed by atoms with Crippen molar-refractivity contribution in [2.75, 3.05) is 5.32 Å². The van der Waals surface area contributed by atoms with Crippen LogP contribution < -0.4 is 5.32 Å². The number of carbonyl (C=O) groups excluding carboxylic acids is 2. The molecule has 0 aliphatic carbocycles. The minimum absolute atomic E-state index is 0.0783. The average molecular weight is 331 g/mol. The standard InChI is InChI=1S/C17H25N5O2/c1-3-5-7-9-14(23)21-16-13-11-20-22(17(13)19-12-18-16)15(24)10-8-6-4-2/h11-12H,3-10H2,1-2H3,(H,18,19,21,23). The van der Waals surface area contributed by atoms with Crippen molar-refractivity contribution in [1.29, 1.82) is 0 Å². The first kappa shape index (κ1) is 18.0. The lowest BCUT2D eigenvalue weighted by molar-refractivity contribution is -0.116. The minimum Gasteiger partial charge on any atom is -0.310 e. The Morgan fingerprint density at radius 2 is 1.75 bits per heavy atom. The summed E-state index contributed by atoms with van der Waals surface area (Å²) in [5.41, 5.74) is 0.440. The van der Waals surface area contributed by atoms with Crippen LogP contribution >= 0.6 is 0 Å². The van der Waals surface area contributed by atoms with Crippen LogP contribution in [0.15, 0.2) is 12.5 Å². The van der Waals surface area contributed by atoms with Crippen LogP contribution in [0.4, 0.5) is 5.82 Å². The zero-order chi connectivity index (χ0) is 17.4. The Morgan fingerprint density at radius 1 is 1.04 bits per heavy atom. The number of hydrogen-bond donors (Lipinski definition) is 1. The number of fused-ring (bicyclic) bond motifs is 1. The fraction of sp³-hybridized carbons (Fsp3) is 0.588. The highest BCUT2D eigenvalue weighted by atomic mass is 16.2. The highest BCUT2D eigenvalue weighted by Gasteiger charge is 2.15. The van der Waals surface area contributed by atoms with E-state index in [1.165, 1.54) is 17.2 Å². The molecule has 2 aromatic rings. The van der Waals surface area contributed by atoms with Crippen molar-refractivity contribution < 1.29 is 9.59 Å². The molecule has 7 nitrogen and oxygen atoms in total. The van der Waals surface area contributed by atoms with Gasteiger partial charge in [-0.3, -0.25) is 9.59 Å². The molecule has 1 N–H and O–H groups in total. The summed E-state index contributed by atoms with van der Waals surface area (Å²) >= 11 is 0. The molecule has 2 aromatic heterocycles. The smallest absolute Gasteiger partial charge is 0.248 e. The van der Waals surface area contributed by atoms with Crippen LogP contribution in [0.3, 0.4) is 0 Å². The van der Waals surface area contributed by atoms with E-state index < -0.39 is 0 Å². The number of rotatable bonds is 9. The van der Waals surface area contributed by atoms with Crippen molar-refractivity contribution in [2.24, 2.45) is 0 Å². The Balaban J connectivity index is 2.10. The first-order valence-electron chi connectivity index (χ1n) is 8.69. The van der Waals surface area contributed by atoms with Crippen LogP contribution in [0.25, 0.3) is 11.0 Å². The predicted molar refractivity (Wildman–Crippen MR) is 92.9 cm³/mol. The highest BCUT2D eigenvalue weighted by Crippen LogP contribution is 2.19. The molecule has 0 radical (unpaired) electrons. The third kappa shape index (κ3) is 4.59. The Labute approximate surface area is 141 Å². The molecule has 0 saturated carbocycles. The quantitative estimate of drug-likeness (QED) is 0.709. The van der Waals surface area contributed by atoms with Crippen molar-refractivity contribution in [3.63, 3.8) is 0 Å². The maximum Gasteiger partial charge on any atom is 0.248 e. The molecule has 0 unspecified atom stereocenters. The SMILES string of the molecule is CCCCCC(=O)Nc1ncnc2c1cnn2C(=O)CCCCC. The molecule has 24 heavy (non-hydrogen) atoms. The third-order valence-corrected chi connectivity index (χ3v) is 3.86. The van der Waals surface area contributed by atoms with Crippen molar-refractivity contribution in [3.05, 3.63) is 12.5 Å². The molecule has 0 aliphatic heterocycles. The maximum atomic E-state index is 12.3. The minimum atomic E-state index is -0.0858. The summed E-state index contributed by atoms with van der Waals surface area (Å²) in [7, 11) is 0. The molecular weight excluding hydrogens is 306 g/mol. The Kier molecular flexibility index (Phi) is 6.84. The summed E-state index contributed by atoms with van der Waals surface area (Å²) in [6, 6.07) is 0. The van der Waals surface area contributed by atoms with E-state index >= 15 is 0 Å². The average Bonchev–Trinajstić information content (AvgIpc) is 3.00. The summed E-state index contributed by atoms with van der Waals surface area (Å²) in [6.07, 6.45) is 9.64. The van der Waals surface area contributed by atoms with Gasteiger partial charge in [0.05, 0.1) is 11.6 Å². The fourth-order valence-corrected chi connectivity index (χ4v) is 2.49. The second kappa shape index (κ2) is 9.10. The molecule has 1 amide bonds. The number of unbranched alkanes of at least 4 members (excludes halogenated alkanes) is 4. The van der Waals surface area contributed by atoms with Gasteiger partial charge < -0.3 is 5.32 Å². The lowest BCUT2D eigenvalue weighted by Crippen LogP contribution is -2.14. The number of nitrogens with zero attached hydrogens (tertiary/aromatic N) is 4. The van der Waals surface area contributed by atoms with Crippen LogP contribution in [0.1, 0.15) is 70.0 Å². The maximum absolute atomic E-state index is 12.3. The van der Waals surface area contributed by atoms with Gasteiger partial charge in [-0.1, -0.05) is 39.5 Å². The van der Waals surface area contributed by atoms with Crippen molar-refractivity contribution >= 4 is 28.7 Å². The van der Waals surface area contributed by atoms with Gasteiger partial charge in [0.15, 0.2) is 5.65 Å². The molecule has 0 aliphatic rings. The Hall–Kier alpha value is -2.31. The van der Waals surface area contributed by atoms with Gasteiger partial charge in [-0.15, -0.1) is 0 Å². The molecule has 0 bridgehead atoms. The van der Waals surface area contributed by atoms with Gasteiger partial charge in [-0.05, 0) is 12.8 Å². The molecule has 0 saturated heterocycles. The number of hydrogen-bond acceptors (Lipinski definition) is 5. The van der Waals surface area contributed by atoms with Gasteiger partial charge in [0.1, 0.15) is 12.1 Å². The van der Waals surface area contributed by atoms with Gasteiger partial charge >= 0.3 is 0 Å². The van der Waals surface area contributed by atoms with Gasteiger partial charge in [0.2, 0.25) is 11.8 Å². The summed E-state index contributed by atoms with van der Waals surface area (Å²) in [6.45, 7) is 4.19. The number of aromatic nitrogens is 4. The van der Waals surface area contributed by atoms with E-state index in [0.717, 1.165) is 38.5 Å². The largest absolute Gasteiger partial charge is 0.310 e. The topological polar surface area (TPSA) is 89.8 Å². The molecule has 0 aromatic carbocycles. The first-order valence-corrected chi connectivity index (χ1v) is 8.69. The third-order valence-electron chi connectivity index (χ3n) is 3.86. The Bertz CT molecular complexity index is 695. The van der Waals surface area contributed by atoms with E-state index in [0.29, 0.717) is 29.7 Å². The monoisotopic (exact) mass is 331 g/mol. The van der Waals surface area contributed by atoms with Crippen LogP contribution in [0.5, 0.6) is 0 Å². The summed E-state index contributed by atoms with van der Waals surface area (Å²) < 4.78 is 1.30. The molecule has 130 valence electrons. The lowest BCUT2D eigenvalue weighted by atomic mass is 10.2. The molecule has 7 heteroatoms. The van der Waals surface area contributed by atoms with Gasteiger partial charge in [-0.2, -0.15) is 9.78 Å². The van der Waals surface area contributed by atoms with Crippen LogP contribution in [0.2, 0.25) is 0 Å². The fourth-order valence-electron chi connectivity index (χ4n) is 2.49. The van der Waals surface area contributed by atoms with Crippen LogP contribution in [-0.4, -0.2) is 31.6 Å². The normalized spacial score (nSPS) is 10.9. The molecule has 0 spiro atoms. The lowest BCUT2D eigenvalue weighted by Gasteiger charge is -2.05. The highest BCUT2D eigenvalue weighted by molar-refractivity contribution is 6.00. The van der Waals surface area contributed by atoms with E-state index in [1.54, 1.807) is 0 Å². The van der Waals surface area contributed by atoms with Gasteiger partial charge in [-0.25, -0.2) is 9.97 Å². The van der Waals surface area contributed by atoms with E-state index in [1.807, 2.05) is 0 Å². The molecule has 2 rings (SSSR count). The number of amides is 1. The second-order valence-electron chi connectivity index (χ2n) is 5.87. The predicted octanol–water partition coefficient (Wildman–Crippen LogP) is 3.57. The summed E-state index contributed by atoms with van der Waals surface area (Å²) in [5, 5.41) is 7.51. The molecule has 0 atom stereocenters. The zero-order valence-electron chi connectivity index (χ0n) is 14.4. The van der Waals surface area contributed by atoms with Gasteiger partial charge in [0.25, 0.3) is 0 Å². The summed E-state index contributed by atoms with van der Waals surface area (Å²) in [4.78, 5) is 32.5. The number of carbonyl (C=O) groups is 2. The van der Waals surface area contributed by atoms with Crippen LogP contribution in [-0.2, 0) is 4.79 Å². The van der Waals surface area contributed by atoms with Gasteiger partial charge in [0, 0.05) is 12.8 Å². The Morgan fingerprint density at radius 3 is 2.46 bits per heavy atom. The first-order chi connectivity index (χ1) is 11.7. The van der Waals surface area contributed by atoms with E-state index in [9.17, 15) is 9.59 Å². The molecular formula is C17H25N5O2. The summed E-state index contributed by atoms with van der Waals surface area (Å²) in [5.74, 6) is 0.247. The second-order valence-corrected chi connectivity index (χ2v) is 5.87. The zero-order valence-corrected chi connectivity index (χ0v) is 14.4.